The molecule has 0 saturated carbocycles. The summed E-state index contributed by atoms with van der Waals surface area (Å²) in [4.78, 5) is 7.73. The molecule has 2 rings (SSSR count). The van der Waals surface area contributed by atoms with E-state index in [-0.39, 0.29) is 13.2 Å². The number of benzene rings is 1. The molecule has 0 amide bonds. The lowest BCUT2D eigenvalue weighted by Crippen LogP contribution is -2.39. The predicted octanol–water partition coefficient (Wildman–Crippen LogP) is 2.87. The Balaban J connectivity index is 1.91. The molecule has 2 aromatic rings. The number of hydrogen-bond donors (Lipinski definition) is 2. The number of alkyl halides is 3. The average Bonchev–Trinajstić information content (AvgIpc) is 2.77. The molecule has 2 N–H and O–H groups in total. The van der Waals surface area contributed by atoms with Crippen LogP contribution in [-0.2, 0) is 12.7 Å². The maximum absolute atomic E-state index is 13.0. The lowest BCUT2D eigenvalue weighted by molar-refractivity contribution is -0.139. The molecule has 1 aromatic carbocycles. The molecule has 1 heterocycles. The molecule has 11 heteroatoms. The molecule has 0 aliphatic carbocycles. The highest BCUT2D eigenvalue weighted by Gasteiger charge is 2.35. The van der Waals surface area contributed by atoms with Gasteiger partial charge in [0.1, 0.15) is 12.2 Å². The largest absolute Gasteiger partial charge is 0.493 e. The molecular formula is C20H25F3N4O4. The molecule has 0 atom stereocenters. The summed E-state index contributed by atoms with van der Waals surface area (Å²) in [5, 5.41) is 6.06. The van der Waals surface area contributed by atoms with E-state index in [0.29, 0.717) is 29.8 Å². The summed E-state index contributed by atoms with van der Waals surface area (Å²) in [6, 6.07) is 5.73. The van der Waals surface area contributed by atoms with Crippen LogP contribution in [0.2, 0.25) is 0 Å². The van der Waals surface area contributed by atoms with Gasteiger partial charge in [-0.05, 0) is 29.8 Å². The number of aliphatic imine (C=N–C) groups is 1. The number of guanidine groups is 1. The lowest BCUT2D eigenvalue weighted by Gasteiger charge is -2.16. The highest BCUT2D eigenvalue weighted by molar-refractivity contribution is 5.79. The third kappa shape index (κ3) is 6.56. The summed E-state index contributed by atoms with van der Waals surface area (Å²) in [6.45, 7) is 0.559. The molecule has 170 valence electrons. The van der Waals surface area contributed by atoms with Crippen LogP contribution in [0.15, 0.2) is 35.5 Å². The van der Waals surface area contributed by atoms with Gasteiger partial charge in [0, 0.05) is 19.8 Å². The Bertz CT molecular complexity index is 866. The summed E-state index contributed by atoms with van der Waals surface area (Å²) in [7, 11) is 6.15. The van der Waals surface area contributed by atoms with Gasteiger partial charge in [-0.25, -0.2) is 4.98 Å². The Morgan fingerprint density at radius 3 is 2.29 bits per heavy atom. The van der Waals surface area contributed by atoms with Crippen LogP contribution >= 0.6 is 0 Å². The Labute approximate surface area is 178 Å². The van der Waals surface area contributed by atoms with E-state index in [0.717, 1.165) is 11.6 Å². The molecule has 0 aliphatic rings. The molecule has 0 saturated heterocycles. The van der Waals surface area contributed by atoms with Gasteiger partial charge in [0.05, 0.1) is 27.9 Å². The van der Waals surface area contributed by atoms with Crippen LogP contribution in [-0.4, -0.2) is 52.5 Å². The van der Waals surface area contributed by atoms with Crippen LogP contribution in [0.5, 0.6) is 23.1 Å². The van der Waals surface area contributed by atoms with Crippen molar-refractivity contribution in [3.63, 3.8) is 0 Å². The fraction of sp³-hybridized carbons (Fsp3) is 0.400. The van der Waals surface area contributed by atoms with Gasteiger partial charge in [-0.3, -0.25) is 4.99 Å². The van der Waals surface area contributed by atoms with E-state index >= 15 is 0 Å². The number of ether oxygens (including phenoxy) is 4. The second kappa shape index (κ2) is 11.1. The number of nitrogens with one attached hydrogen (secondary N) is 2. The molecule has 8 nitrogen and oxygen atoms in total. The molecule has 0 unspecified atom stereocenters. The molecule has 1 aromatic heterocycles. The molecule has 0 radical (unpaired) electrons. The van der Waals surface area contributed by atoms with Gasteiger partial charge in [-0.2, -0.15) is 13.2 Å². The summed E-state index contributed by atoms with van der Waals surface area (Å²) < 4.78 is 60.0. The Morgan fingerprint density at radius 2 is 1.74 bits per heavy atom. The van der Waals surface area contributed by atoms with Crippen molar-refractivity contribution in [2.75, 3.05) is 41.5 Å². The summed E-state index contributed by atoms with van der Waals surface area (Å²) >= 11 is 0. The number of hydrogen-bond acceptors (Lipinski definition) is 6. The van der Waals surface area contributed by atoms with Crippen molar-refractivity contribution in [3.8, 4) is 23.1 Å². The highest BCUT2D eigenvalue weighted by Crippen LogP contribution is 2.38. The third-order valence-electron chi connectivity index (χ3n) is 4.12. The fourth-order valence-electron chi connectivity index (χ4n) is 2.68. The monoisotopic (exact) mass is 442 g/mol. The van der Waals surface area contributed by atoms with Crippen LogP contribution in [0.25, 0.3) is 0 Å². The zero-order valence-corrected chi connectivity index (χ0v) is 17.7. The van der Waals surface area contributed by atoms with E-state index in [1.54, 1.807) is 19.2 Å². The second-order valence-electron chi connectivity index (χ2n) is 6.09. The Hall–Kier alpha value is -3.37. The first-order chi connectivity index (χ1) is 14.8. The normalized spacial score (nSPS) is 11.6. The van der Waals surface area contributed by atoms with Gasteiger partial charge >= 0.3 is 6.18 Å². The van der Waals surface area contributed by atoms with Crippen molar-refractivity contribution in [1.82, 2.24) is 15.6 Å². The zero-order valence-electron chi connectivity index (χ0n) is 17.7. The van der Waals surface area contributed by atoms with Crippen molar-refractivity contribution in [2.45, 2.75) is 12.7 Å². The van der Waals surface area contributed by atoms with E-state index < -0.39 is 17.6 Å². The van der Waals surface area contributed by atoms with Crippen LogP contribution in [0.1, 0.15) is 11.1 Å². The predicted molar refractivity (Wildman–Crippen MR) is 109 cm³/mol. The van der Waals surface area contributed by atoms with Crippen molar-refractivity contribution in [1.29, 1.82) is 0 Å². The lowest BCUT2D eigenvalue weighted by atomic mass is 10.2. The minimum atomic E-state index is -4.53. The number of rotatable bonds is 9. The first kappa shape index (κ1) is 23.9. The standard InChI is InChI=1S/C20H25F3N4O4/c1-24-19(26-8-9-31-18-14(20(21,22)23)6-5-7-25-18)27-12-13-10-15(28-2)17(30-4)16(11-13)29-3/h5-7,10-11H,8-9,12H2,1-4H3,(H2,24,26,27). The van der Waals surface area contributed by atoms with Crippen LogP contribution in [0.3, 0.4) is 0 Å². The van der Waals surface area contributed by atoms with Crippen molar-refractivity contribution >= 4 is 5.96 Å². The smallest absolute Gasteiger partial charge is 0.421 e. The van der Waals surface area contributed by atoms with E-state index in [2.05, 4.69) is 20.6 Å². The van der Waals surface area contributed by atoms with Gasteiger partial charge in [-0.15, -0.1) is 0 Å². The highest BCUT2D eigenvalue weighted by atomic mass is 19.4. The molecule has 0 bridgehead atoms. The average molecular weight is 442 g/mol. The van der Waals surface area contributed by atoms with Gasteiger partial charge in [0.25, 0.3) is 0 Å². The van der Waals surface area contributed by atoms with Crippen LogP contribution in [0, 0.1) is 0 Å². The molecule has 0 spiro atoms. The number of nitrogens with zero attached hydrogens (tertiary/aromatic N) is 2. The maximum atomic E-state index is 13.0. The van der Waals surface area contributed by atoms with Crippen molar-refractivity contribution in [2.24, 2.45) is 4.99 Å². The SMILES string of the molecule is CN=C(NCCOc1ncccc1C(F)(F)F)NCc1cc(OC)c(OC)c(OC)c1. The minimum absolute atomic E-state index is 0.0367. The quantitative estimate of drug-likeness (QED) is 0.351. The maximum Gasteiger partial charge on any atom is 0.421 e. The van der Waals surface area contributed by atoms with Gasteiger partial charge in [0.15, 0.2) is 17.5 Å². The first-order valence-electron chi connectivity index (χ1n) is 9.22. The van der Waals surface area contributed by atoms with Gasteiger partial charge in [-0.1, -0.05) is 0 Å². The molecule has 31 heavy (non-hydrogen) atoms. The molecule has 0 aliphatic heterocycles. The number of halogens is 3. The van der Waals surface area contributed by atoms with Gasteiger partial charge < -0.3 is 29.6 Å². The Kier molecular flexibility index (Phi) is 8.59. The van der Waals surface area contributed by atoms with Crippen LogP contribution < -0.4 is 29.6 Å². The summed E-state index contributed by atoms with van der Waals surface area (Å²) in [6.07, 6.45) is -3.29. The van der Waals surface area contributed by atoms with Crippen LogP contribution in [0.4, 0.5) is 13.2 Å². The minimum Gasteiger partial charge on any atom is -0.493 e. The third-order valence-corrected chi connectivity index (χ3v) is 4.12. The second-order valence-corrected chi connectivity index (χ2v) is 6.09. The van der Waals surface area contributed by atoms with E-state index in [4.69, 9.17) is 18.9 Å². The summed E-state index contributed by atoms with van der Waals surface area (Å²) in [5.41, 5.74) is -0.0723. The molecule has 0 fully saturated rings. The first-order valence-corrected chi connectivity index (χ1v) is 9.22. The summed E-state index contributed by atoms with van der Waals surface area (Å²) in [5.74, 6) is 1.50. The van der Waals surface area contributed by atoms with E-state index in [1.165, 1.54) is 33.6 Å². The Morgan fingerprint density at radius 1 is 1.06 bits per heavy atom. The van der Waals surface area contributed by atoms with Crippen molar-refractivity contribution in [3.05, 3.63) is 41.6 Å². The number of pyridine rings is 1. The molecular weight excluding hydrogens is 417 g/mol. The van der Waals surface area contributed by atoms with E-state index in [1.807, 2.05) is 0 Å². The number of aromatic nitrogens is 1. The topological polar surface area (TPSA) is 86.2 Å². The van der Waals surface area contributed by atoms with Gasteiger partial charge in [0.2, 0.25) is 11.6 Å². The number of methoxy groups -OCH3 is 3. The zero-order chi connectivity index (χ0) is 22.9. The van der Waals surface area contributed by atoms with Crippen molar-refractivity contribution < 1.29 is 32.1 Å². The van der Waals surface area contributed by atoms with E-state index in [9.17, 15) is 13.2 Å². The fourth-order valence-corrected chi connectivity index (χ4v) is 2.68.